The molecule has 0 amide bonds. The molecule has 0 fully saturated rings. The van der Waals surface area contributed by atoms with Crippen LogP contribution in [0.15, 0.2) is 24.3 Å². The average molecular weight is 237 g/mol. The van der Waals surface area contributed by atoms with Crippen molar-refractivity contribution < 1.29 is 9.84 Å². The molecule has 17 heavy (non-hydrogen) atoms. The van der Waals surface area contributed by atoms with Gasteiger partial charge < -0.3 is 14.7 Å². The molecule has 3 heteroatoms. The van der Waals surface area contributed by atoms with E-state index in [1.807, 2.05) is 64.0 Å². The van der Waals surface area contributed by atoms with Gasteiger partial charge in [-0.2, -0.15) is 0 Å². The molecule has 1 unspecified atom stereocenters. The van der Waals surface area contributed by atoms with Crippen LogP contribution in [0, 0.1) is 0 Å². The zero-order valence-electron chi connectivity index (χ0n) is 11.4. The fourth-order valence-corrected chi connectivity index (χ4v) is 1.62. The van der Waals surface area contributed by atoms with Crippen molar-refractivity contribution in [3.8, 4) is 5.75 Å². The molecule has 0 radical (unpaired) electrons. The molecule has 1 N–H and O–H groups in total. The maximum atomic E-state index is 10.5. The first-order valence-electron chi connectivity index (χ1n) is 5.98. The molecule has 1 aromatic rings. The zero-order valence-corrected chi connectivity index (χ0v) is 11.4. The van der Waals surface area contributed by atoms with Crippen LogP contribution in [0.4, 0.5) is 0 Å². The highest BCUT2D eigenvalue weighted by atomic mass is 16.5. The molecule has 3 nitrogen and oxygen atoms in total. The maximum absolute atomic E-state index is 10.5. The number of nitrogens with zero attached hydrogens (tertiary/aromatic N) is 1. The van der Waals surface area contributed by atoms with Gasteiger partial charge in [0, 0.05) is 11.1 Å². The lowest BCUT2D eigenvalue weighted by atomic mass is 9.89. The molecule has 0 spiro atoms. The molecule has 0 heterocycles. The van der Waals surface area contributed by atoms with E-state index in [4.69, 9.17) is 4.74 Å². The van der Waals surface area contributed by atoms with Crippen LogP contribution < -0.4 is 4.74 Å². The molecule has 0 aromatic heterocycles. The summed E-state index contributed by atoms with van der Waals surface area (Å²) >= 11 is 0. The fourth-order valence-electron chi connectivity index (χ4n) is 1.62. The molecule has 0 aliphatic heterocycles. The monoisotopic (exact) mass is 237 g/mol. The van der Waals surface area contributed by atoms with Crippen molar-refractivity contribution >= 4 is 0 Å². The third-order valence-electron chi connectivity index (χ3n) is 3.34. The van der Waals surface area contributed by atoms with E-state index in [1.165, 1.54) is 0 Å². The van der Waals surface area contributed by atoms with Gasteiger partial charge in [-0.3, -0.25) is 0 Å². The molecular formula is C14H23NO2. The number of ether oxygens (including phenoxy) is 1. The second-order valence-electron chi connectivity index (χ2n) is 4.92. The van der Waals surface area contributed by atoms with Gasteiger partial charge in [0.05, 0.1) is 6.61 Å². The summed E-state index contributed by atoms with van der Waals surface area (Å²) in [5.74, 6) is 0.762. The molecule has 0 aliphatic carbocycles. The molecule has 0 saturated heterocycles. The van der Waals surface area contributed by atoms with Gasteiger partial charge in [0.25, 0.3) is 0 Å². The number of likely N-dealkylation sites (N-methyl/N-ethyl adjacent to an activating group) is 1. The van der Waals surface area contributed by atoms with Gasteiger partial charge in [0.15, 0.2) is 0 Å². The molecule has 1 rings (SSSR count). The van der Waals surface area contributed by atoms with Crippen molar-refractivity contribution in [2.45, 2.75) is 32.4 Å². The van der Waals surface area contributed by atoms with E-state index < -0.39 is 6.10 Å². The van der Waals surface area contributed by atoms with Crippen LogP contribution in [0.1, 0.15) is 32.4 Å². The third kappa shape index (κ3) is 2.99. The third-order valence-corrected chi connectivity index (χ3v) is 3.34. The maximum Gasteiger partial charge on any atom is 0.125 e. The lowest BCUT2D eigenvalue weighted by Crippen LogP contribution is -2.43. The van der Waals surface area contributed by atoms with Crippen LogP contribution in [-0.4, -0.2) is 36.2 Å². The molecule has 96 valence electrons. The summed E-state index contributed by atoms with van der Waals surface area (Å²) < 4.78 is 5.55. The second kappa shape index (κ2) is 5.52. The smallest absolute Gasteiger partial charge is 0.125 e. The summed E-state index contributed by atoms with van der Waals surface area (Å²) in [6.45, 7) is 6.58. The van der Waals surface area contributed by atoms with Gasteiger partial charge in [0.1, 0.15) is 11.9 Å². The van der Waals surface area contributed by atoms with Crippen LogP contribution in [0.2, 0.25) is 0 Å². The van der Waals surface area contributed by atoms with Gasteiger partial charge in [-0.1, -0.05) is 18.2 Å². The van der Waals surface area contributed by atoms with E-state index in [1.54, 1.807) is 0 Å². The van der Waals surface area contributed by atoms with Crippen LogP contribution in [0.3, 0.4) is 0 Å². The summed E-state index contributed by atoms with van der Waals surface area (Å²) in [6, 6.07) is 7.66. The highest BCUT2D eigenvalue weighted by Gasteiger charge is 2.32. The highest BCUT2D eigenvalue weighted by molar-refractivity contribution is 5.36. The Balaban J connectivity index is 3.07. The molecule has 0 aliphatic rings. The zero-order chi connectivity index (χ0) is 13.1. The first-order valence-corrected chi connectivity index (χ1v) is 5.98. The predicted molar refractivity (Wildman–Crippen MR) is 70.3 cm³/mol. The van der Waals surface area contributed by atoms with E-state index in [2.05, 4.69) is 0 Å². The standard InChI is InChI=1S/C14H23NO2/c1-6-17-12-10-8-7-9-11(12)13(16)14(2,3)15(4)5/h7-10,13,16H,6H2,1-5H3. The van der Waals surface area contributed by atoms with E-state index >= 15 is 0 Å². The van der Waals surface area contributed by atoms with E-state index in [9.17, 15) is 5.11 Å². The summed E-state index contributed by atoms with van der Waals surface area (Å²) in [6.07, 6.45) is -0.583. The SMILES string of the molecule is CCOc1ccccc1C(O)C(C)(C)N(C)C. The lowest BCUT2D eigenvalue weighted by Gasteiger charge is -2.37. The van der Waals surface area contributed by atoms with Gasteiger partial charge in [-0.25, -0.2) is 0 Å². The van der Waals surface area contributed by atoms with E-state index in [0.29, 0.717) is 6.61 Å². The van der Waals surface area contributed by atoms with Gasteiger partial charge in [0.2, 0.25) is 0 Å². The average Bonchev–Trinajstić information content (AvgIpc) is 2.29. The minimum Gasteiger partial charge on any atom is -0.493 e. The van der Waals surface area contributed by atoms with Gasteiger partial charge in [-0.15, -0.1) is 0 Å². The van der Waals surface area contributed by atoms with Crippen molar-refractivity contribution in [1.29, 1.82) is 0 Å². The Labute approximate surface area is 104 Å². The van der Waals surface area contributed by atoms with E-state index in [-0.39, 0.29) is 5.54 Å². The van der Waals surface area contributed by atoms with Crippen LogP contribution in [0.25, 0.3) is 0 Å². The minimum absolute atomic E-state index is 0.340. The Morgan fingerprint density at radius 2 is 1.88 bits per heavy atom. The van der Waals surface area contributed by atoms with Crippen LogP contribution >= 0.6 is 0 Å². The Kier molecular flexibility index (Phi) is 4.54. The van der Waals surface area contributed by atoms with Crippen LogP contribution in [-0.2, 0) is 0 Å². The Morgan fingerprint density at radius 3 is 2.41 bits per heavy atom. The molecule has 0 saturated carbocycles. The number of aliphatic hydroxyl groups is 1. The first-order chi connectivity index (χ1) is 7.91. The molecular weight excluding hydrogens is 214 g/mol. The Morgan fingerprint density at radius 1 is 1.29 bits per heavy atom. The minimum atomic E-state index is -0.583. The lowest BCUT2D eigenvalue weighted by molar-refractivity contribution is 0.0147. The summed E-state index contributed by atoms with van der Waals surface area (Å²) in [5, 5.41) is 10.5. The summed E-state index contributed by atoms with van der Waals surface area (Å²) in [4.78, 5) is 2.01. The fraction of sp³-hybridized carbons (Fsp3) is 0.571. The number of hydrogen-bond donors (Lipinski definition) is 1. The first kappa shape index (κ1) is 14.0. The molecule has 0 bridgehead atoms. The Bertz CT molecular complexity index is 361. The topological polar surface area (TPSA) is 32.7 Å². The van der Waals surface area contributed by atoms with E-state index in [0.717, 1.165) is 11.3 Å². The largest absolute Gasteiger partial charge is 0.493 e. The highest BCUT2D eigenvalue weighted by Crippen LogP contribution is 2.34. The van der Waals surface area contributed by atoms with Crippen molar-refractivity contribution in [3.05, 3.63) is 29.8 Å². The van der Waals surface area contributed by atoms with Crippen LogP contribution in [0.5, 0.6) is 5.75 Å². The number of para-hydroxylation sites is 1. The number of aliphatic hydroxyl groups excluding tert-OH is 1. The number of benzene rings is 1. The molecule has 1 aromatic carbocycles. The number of rotatable bonds is 5. The molecule has 1 atom stereocenters. The Hall–Kier alpha value is -1.06. The van der Waals surface area contributed by atoms with Crippen molar-refractivity contribution in [2.24, 2.45) is 0 Å². The second-order valence-corrected chi connectivity index (χ2v) is 4.92. The van der Waals surface area contributed by atoms with Gasteiger partial charge in [-0.05, 0) is 40.9 Å². The number of hydrogen-bond acceptors (Lipinski definition) is 3. The quantitative estimate of drug-likeness (QED) is 0.854. The van der Waals surface area contributed by atoms with Crippen molar-refractivity contribution in [3.63, 3.8) is 0 Å². The van der Waals surface area contributed by atoms with Crippen molar-refractivity contribution in [1.82, 2.24) is 4.90 Å². The summed E-state index contributed by atoms with van der Waals surface area (Å²) in [5.41, 5.74) is 0.501. The normalized spacial score (nSPS) is 13.8. The van der Waals surface area contributed by atoms with Gasteiger partial charge >= 0.3 is 0 Å². The van der Waals surface area contributed by atoms with Crippen molar-refractivity contribution in [2.75, 3.05) is 20.7 Å². The summed E-state index contributed by atoms with van der Waals surface area (Å²) in [7, 11) is 3.93. The predicted octanol–water partition coefficient (Wildman–Crippen LogP) is 2.46.